The van der Waals surface area contributed by atoms with Gasteiger partial charge in [0.1, 0.15) is 11.5 Å². The van der Waals surface area contributed by atoms with E-state index in [-0.39, 0.29) is 11.5 Å². The summed E-state index contributed by atoms with van der Waals surface area (Å²) in [4.78, 5) is 30.1. The molecule has 1 N–H and O–H groups in total. The summed E-state index contributed by atoms with van der Waals surface area (Å²) < 4.78 is 0. The first kappa shape index (κ1) is 23.6. The molecule has 0 bridgehead atoms. The smallest absolute Gasteiger partial charge is 0.407 e. The van der Waals surface area contributed by atoms with Gasteiger partial charge in [0.25, 0.3) is 0 Å². The number of likely N-dealkylation sites (N-methyl/N-ethyl adjacent to an activating group) is 1. The summed E-state index contributed by atoms with van der Waals surface area (Å²) in [6.45, 7) is 11.6. The van der Waals surface area contributed by atoms with Crippen molar-refractivity contribution in [2.24, 2.45) is 5.41 Å². The fourth-order valence-corrected chi connectivity index (χ4v) is 4.66. The third-order valence-electron chi connectivity index (χ3n) is 6.61. The van der Waals surface area contributed by atoms with Crippen LogP contribution in [0.15, 0.2) is 30.5 Å². The van der Waals surface area contributed by atoms with Crippen LogP contribution in [0.3, 0.4) is 0 Å². The number of hydrogen-bond acceptors (Lipinski definition) is 6. The van der Waals surface area contributed by atoms with Crippen LogP contribution >= 0.6 is 11.6 Å². The molecule has 1 amide bonds. The minimum absolute atomic E-state index is 0.137. The van der Waals surface area contributed by atoms with Crippen molar-refractivity contribution in [1.82, 2.24) is 19.8 Å². The second-order valence-electron chi connectivity index (χ2n) is 10.0. The number of carbonyl (C=O) groups is 1. The first-order valence-corrected chi connectivity index (χ1v) is 11.8. The highest BCUT2D eigenvalue weighted by Crippen LogP contribution is 2.33. The molecule has 0 radical (unpaired) electrons. The van der Waals surface area contributed by atoms with Crippen LogP contribution < -0.4 is 9.80 Å². The van der Waals surface area contributed by atoms with Crippen LogP contribution in [0.5, 0.6) is 0 Å². The molecule has 2 aromatic rings. The van der Waals surface area contributed by atoms with E-state index >= 15 is 0 Å². The predicted molar refractivity (Wildman–Crippen MR) is 132 cm³/mol. The van der Waals surface area contributed by atoms with Gasteiger partial charge in [-0.1, -0.05) is 44.5 Å². The number of aromatic nitrogens is 2. The van der Waals surface area contributed by atoms with Crippen LogP contribution in [-0.4, -0.2) is 89.9 Å². The Bertz CT molecular complexity index is 985. The van der Waals surface area contributed by atoms with E-state index in [2.05, 4.69) is 42.5 Å². The first-order chi connectivity index (χ1) is 15.6. The lowest BCUT2D eigenvalue weighted by molar-refractivity contribution is 0.0747. The van der Waals surface area contributed by atoms with Gasteiger partial charge in [0.2, 0.25) is 0 Å². The van der Waals surface area contributed by atoms with Crippen molar-refractivity contribution in [3.05, 3.63) is 35.5 Å². The summed E-state index contributed by atoms with van der Waals surface area (Å²) in [7, 11) is 2.13. The van der Waals surface area contributed by atoms with Gasteiger partial charge in [0, 0.05) is 56.4 Å². The standard InChI is InChI=1S/C24H33ClN6O2/c1-24(2,3)19-16-30(13-14-31(19)23(32)33)20-15-26-22(29-11-9-28(4)10-12-29)21(27-20)17-5-7-18(25)8-6-17/h5-8,15,19H,9-14,16H2,1-4H3,(H,32,33). The maximum absolute atomic E-state index is 11.8. The van der Waals surface area contributed by atoms with Crippen LogP contribution in [0.4, 0.5) is 16.4 Å². The van der Waals surface area contributed by atoms with E-state index in [4.69, 9.17) is 21.6 Å². The van der Waals surface area contributed by atoms with Crippen molar-refractivity contribution in [3.63, 3.8) is 0 Å². The van der Waals surface area contributed by atoms with Crippen molar-refractivity contribution in [2.75, 3.05) is 62.7 Å². The Hall–Kier alpha value is -2.58. The SMILES string of the molecule is CN1CCN(c2ncc(N3CCN(C(=O)O)C(C(C)(C)C)C3)nc2-c2ccc(Cl)cc2)CC1. The molecular weight excluding hydrogens is 440 g/mol. The normalized spacial score (nSPS) is 20.3. The summed E-state index contributed by atoms with van der Waals surface area (Å²) in [5, 5.41) is 10.4. The third kappa shape index (κ3) is 5.17. The van der Waals surface area contributed by atoms with Gasteiger partial charge in [-0.2, -0.15) is 0 Å². The lowest BCUT2D eigenvalue weighted by atomic mass is 9.84. The Morgan fingerprint density at radius 3 is 2.27 bits per heavy atom. The molecule has 0 aliphatic carbocycles. The van der Waals surface area contributed by atoms with Gasteiger partial charge in [0.15, 0.2) is 5.82 Å². The first-order valence-electron chi connectivity index (χ1n) is 11.4. The lowest BCUT2D eigenvalue weighted by Gasteiger charge is -2.46. The van der Waals surface area contributed by atoms with Crippen molar-refractivity contribution in [3.8, 4) is 11.3 Å². The van der Waals surface area contributed by atoms with E-state index in [9.17, 15) is 9.90 Å². The zero-order chi connectivity index (χ0) is 23.8. The summed E-state index contributed by atoms with van der Waals surface area (Å²) in [5.41, 5.74) is 1.62. The molecule has 1 atom stereocenters. The average Bonchev–Trinajstić information content (AvgIpc) is 2.79. The Kier molecular flexibility index (Phi) is 6.68. The number of hydrogen-bond donors (Lipinski definition) is 1. The number of carboxylic acid groups (broad SMARTS) is 1. The van der Waals surface area contributed by atoms with Gasteiger partial charge in [0.05, 0.1) is 12.2 Å². The van der Waals surface area contributed by atoms with Gasteiger partial charge < -0.3 is 24.7 Å². The average molecular weight is 473 g/mol. The summed E-state index contributed by atoms with van der Waals surface area (Å²) in [5.74, 6) is 1.66. The highest BCUT2D eigenvalue weighted by atomic mass is 35.5. The molecule has 1 unspecified atom stereocenters. The minimum atomic E-state index is -0.868. The number of anilines is 2. The number of piperazine rings is 2. The quantitative estimate of drug-likeness (QED) is 0.728. The molecule has 2 aliphatic heterocycles. The molecule has 1 aromatic carbocycles. The molecule has 9 heteroatoms. The zero-order valence-electron chi connectivity index (χ0n) is 19.8. The molecule has 2 saturated heterocycles. The van der Waals surface area contributed by atoms with Crippen LogP contribution in [0.2, 0.25) is 5.02 Å². The minimum Gasteiger partial charge on any atom is -0.465 e. The Morgan fingerprint density at radius 1 is 1.03 bits per heavy atom. The topological polar surface area (TPSA) is 76.0 Å². The van der Waals surface area contributed by atoms with Crippen LogP contribution in [0.25, 0.3) is 11.3 Å². The Labute approximate surface area is 200 Å². The second-order valence-corrected chi connectivity index (χ2v) is 10.4. The molecule has 33 heavy (non-hydrogen) atoms. The molecule has 2 fully saturated rings. The summed E-state index contributed by atoms with van der Waals surface area (Å²) >= 11 is 6.14. The predicted octanol–water partition coefficient (Wildman–Crippen LogP) is 3.76. The zero-order valence-corrected chi connectivity index (χ0v) is 20.6. The van der Waals surface area contributed by atoms with Gasteiger partial charge in [-0.3, -0.25) is 0 Å². The van der Waals surface area contributed by atoms with Gasteiger partial charge in [-0.05, 0) is 24.6 Å². The molecule has 4 rings (SSSR count). The van der Waals surface area contributed by atoms with Gasteiger partial charge >= 0.3 is 6.09 Å². The van der Waals surface area contributed by atoms with Crippen molar-refractivity contribution < 1.29 is 9.90 Å². The highest BCUT2D eigenvalue weighted by Gasteiger charge is 2.38. The van der Waals surface area contributed by atoms with E-state index < -0.39 is 6.09 Å². The number of amides is 1. The molecule has 0 spiro atoms. The largest absolute Gasteiger partial charge is 0.465 e. The summed E-state index contributed by atoms with van der Waals surface area (Å²) in [6.07, 6.45) is 0.969. The van der Waals surface area contributed by atoms with E-state index in [1.807, 2.05) is 30.5 Å². The van der Waals surface area contributed by atoms with E-state index in [1.165, 1.54) is 0 Å². The molecule has 8 nitrogen and oxygen atoms in total. The third-order valence-corrected chi connectivity index (χ3v) is 6.86. The molecule has 2 aliphatic rings. The maximum atomic E-state index is 11.8. The highest BCUT2D eigenvalue weighted by molar-refractivity contribution is 6.30. The number of nitrogens with zero attached hydrogens (tertiary/aromatic N) is 6. The van der Waals surface area contributed by atoms with Crippen LogP contribution in [0.1, 0.15) is 20.8 Å². The van der Waals surface area contributed by atoms with E-state index in [0.29, 0.717) is 24.7 Å². The van der Waals surface area contributed by atoms with Crippen molar-refractivity contribution >= 4 is 29.3 Å². The fourth-order valence-electron chi connectivity index (χ4n) is 4.54. The second kappa shape index (κ2) is 9.35. The number of rotatable bonds is 3. The molecule has 0 saturated carbocycles. The van der Waals surface area contributed by atoms with Gasteiger partial charge in [-0.15, -0.1) is 0 Å². The Balaban J connectivity index is 1.69. The lowest BCUT2D eigenvalue weighted by Crippen LogP contribution is -2.59. The maximum Gasteiger partial charge on any atom is 0.407 e. The fraction of sp³-hybridized carbons (Fsp3) is 0.542. The van der Waals surface area contributed by atoms with Crippen molar-refractivity contribution in [1.29, 1.82) is 0 Å². The molecule has 178 valence electrons. The van der Waals surface area contributed by atoms with E-state index in [1.54, 1.807) is 4.90 Å². The van der Waals surface area contributed by atoms with Crippen LogP contribution in [0, 0.1) is 5.41 Å². The molecular formula is C24H33ClN6O2. The Morgan fingerprint density at radius 2 is 1.67 bits per heavy atom. The molecule has 3 heterocycles. The van der Waals surface area contributed by atoms with Gasteiger partial charge in [-0.25, -0.2) is 14.8 Å². The number of benzene rings is 1. The molecule has 1 aromatic heterocycles. The van der Waals surface area contributed by atoms with Crippen molar-refractivity contribution in [2.45, 2.75) is 26.8 Å². The van der Waals surface area contributed by atoms with E-state index in [0.717, 1.165) is 49.1 Å². The number of halogens is 1. The van der Waals surface area contributed by atoms with Crippen LogP contribution in [-0.2, 0) is 0 Å². The monoisotopic (exact) mass is 472 g/mol. The summed E-state index contributed by atoms with van der Waals surface area (Å²) in [6, 6.07) is 7.58.